The van der Waals surface area contributed by atoms with Gasteiger partial charge in [0.05, 0.1) is 0 Å². The lowest BCUT2D eigenvalue weighted by atomic mass is 10.1. The van der Waals surface area contributed by atoms with Crippen LogP contribution in [0.4, 0.5) is 0 Å². The third-order valence-corrected chi connectivity index (χ3v) is 3.25. The van der Waals surface area contributed by atoms with Gasteiger partial charge in [0.2, 0.25) is 11.6 Å². The van der Waals surface area contributed by atoms with Crippen molar-refractivity contribution in [2.24, 2.45) is 0 Å². The van der Waals surface area contributed by atoms with Crippen LogP contribution in [0, 0.1) is 0 Å². The quantitative estimate of drug-likeness (QED) is 0.531. The number of rotatable bonds is 3. The third kappa shape index (κ3) is 5.38. The minimum absolute atomic E-state index is 0.451. The summed E-state index contributed by atoms with van der Waals surface area (Å²) in [5, 5.41) is 0. The van der Waals surface area contributed by atoms with Crippen molar-refractivity contribution < 1.29 is 0 Å². The molecule has 0 atom stereocenters. The van der Waals surface area contributed by atoms with Crippen LogP contribution in [0.5, 0.6) is 0 Å². The molecule has 0 spiro atoms. The fraction of sp³-hybridized carbons (Fsp3) is 0. The van der Waals surface area contributed by atoms with Crippen molar-refractivity contribution >= 4 is 12.2 Å². The molecule has 0 saturated heterocycles. The molecule has 126 valence electrons. The molecule has 4 aromatic rings. The molecular weight excluding hydrogens is 324 g/mol. The Morgan fingerprint density at radius 1 is 0.462 bits per heavy atom. The summed E-state index contributed by atoms with van der Waals surface area (Å²) in [7, 11) is 0. The van der Waals surface area contributed by atoms with Crippen LogP contribution in [-0.2, 0) is 0 Å². The van der Waals surface area contributed by atoms with E-state index >= 15 is 0 Å². The Kier molecular flexibility index (Phi) is 6.22. The monoisotopic (exact) mass is 340 g/mol. The van der Waals surface area contributed by atoms with Gasteiger partial charge in [0.1, 0.15) is 25.3 Å². The first-order chi connectivity index (χ1) is 12.9. The second-order valence-electron chi connectivity index (χ2n) is 5.08. The Balaban J connectivity index is 0.000000152. The van der Waals surface area contributed by atoms with Crippen molar-refractivity contribution in [2.45, 2.75) is 0 Å². The summed E-state index contributed by atoms with van der Waals surface area (Å²) < 4.78 is 0. The van der Waals surface area contributed by atoms with E-state index in [1.54, 1.807) is 0 Å². The van der Waals surface area contributed by atoms with E-state index in [1.165, 1.54) is 36.4 Å². The Hall–Kier alpha value is -3.80. The smallest absolute Gasteiger partial charge is 0.200 e. The lowest BCUT2D eigenvalue weighted by Gasteiger charge is -1.92. The van der Waals surface area contributed by atoms with Gasteiger partial charge in [-0.15, -0.1) is 0 Å². The molecule has 4 rings (SSSR count). The van der Waals surface area contributed by atoms with E-state index in [-0.39, 0.29) is 0 Å². The zero-order chi connectivity index (χ0) is 17.9. The predicted molar refractivity (Wildman–Crippen MR) is 100 cm³/mol. The Bertz CT molecular complexity index is 834. The van der Waals surface area contributed by atoms with E-state index in [9.17, 15) is 0 Å². The molecular formula is C20H16N6. The maximum Gasteiger partial charge on any atom is 0.200 e. The fourth-order valence-corrected chi connectivity index (χ4v) is 2.03. The largest absolute Gasteiger partial charge is 0.225 e. The van der Waals surface area contributed by atoms with Crippen LogP contribution in [0.15, 0.2) is 86.0 Å². The molecule has 2 aromatic heterocycles. The predicted octanol–water partition coefficient (Wildman–Crippen LogP) is 3.58. The van der Waals surface area contributed by atoms with Gasteiger partial charge in [0.15, 0.2) is 0 Å². The van der Waals surface area contributed by atoms with Crippen molar-refractivity contribution in [2.75, 3.05) is 0 Å². The molecule has 0 aliphatic heterocycles. The van der Waals surface area contributed by atoms with E-state index in [2.05, 4.69) is 66.3 Å². The first-order valence-electron chi connectivity index (χ1n) is 7.94. The van der Waals surface area contributed by atoms with Crippen molar-refractivity contribution in [1.29, 1.82) is 0 Å². The molecule has 0 aliphatic carbocycles. The molecule has 0 radical (unpaired) electrons. The summed E-state index contributed by atoms with van der Waals surface area (Å²) in [5.41, 5.74) is 2.47. The second kappa shape index (κ2) is 9.48. The highest BCUT2D eigenvalue weighted by Gasteiger charge is 2.00. The molecule has 26 heavy (non-hydrogen) atoms. The summed E-state index contributed by atoms with van der Waals surface area (Å²) in [6.07, 6.45) is 9.82. The van der Waals surface area contributed by atoms with Crippen LogP contribution in [0.2, 0.25) is 0 Å². The lowest BCUT2D eigenvalue weighted by molar-refractivity contribution is 0.985. The van der Waals surface area contributed by atoms with Gasteiger partial charge < -0.3 is 0 Å². The normalized spacial score (nSPS) is 10.2. The van der Waals surface area contributed by atoms with Gasteiger partial charge in [-0.25, -0.2) is 29.9 Å². The third-order valence-electron chi connectivity index (χ3n) is 3.25. The van der Waals surface area contributed by atoms with Gasteiger partial charge in [0.25, 0.3) is 0 Å². The lowest BCUT2D eigenvalue weighted by Crippen LogP contribution is -1.94. The number of benzene rings is 2. The van der Waals surface area contributed by atoms with E-state index in [1.807, 2.05) is 36.4 Å². The van der Waals surface area contributed by atoms with Crippen molar-refractivity contribution in [3.05, 3.63) is 97.1 Å². The van der Waals surface area contributed by atoms with Gasteiger partial charge in [-0.3, -0.25) is 0 Å². The number of hydrogen-bond donors (Lipinski definition) is 0. The summed E-state index contributed by atoms with van der Waals surface area (Å²) >= 11 is 0. The zero-order valence-corrected chi connectivity index (χ0v) is 13.9. The van der Waals surface area contributed by atoms with E-state index in [0.29, 0.717) is 11.6 Å². The first kappa shape index (κ1) is 17.0. The summed E-state index contributed by atoms with van der Waals surface area (Å²) in [5.74, 6) is 0.903. The highest BCUT2D eigenvalue weighted by molar-refractivity contribution is 5.69. The van der Waals surface area contributed by atoms with Gasteiger partial charge >= 0.3 is 0 Å². The second-order valence-corrected chi connectivity index (χ2v) is 5.08. The number of hydrogen-bond acceptors (Lipinski definition) is 6. The Morgan fingerprint density at radius 2 is 0.808 bits per heavy atom. The highest BCUT2D eigenvalue weighted by Crippen LogP contribution is 2.07. The molecule has 0 aliphatic rings. The molecule has 0 fully saturated rings. The first-order valence-corrected chi connectivity index (χ1v) is 7.94. The Labute approximate surface area is 151 Å². The minimum atomic E-state index is 0.451. The molecule has 0 N–H and O–H groups in total. The van der Waals surface area contributed by atoms with Gasteiger partial charge in [-0.2, -0.15) is 0 Å². The molecule has 6 nitrogen and oxygen atoms in total. The van der Waals surface area contributed by atoms with E-state index in [0.717, 1.165) is 0 Å². The van der Waals surface area contributed by atoms with Gasteiger partial charge in [-0.05, 0) is 11.1 Å². The maximum atomic E-state index is 3.87. The molecule has 2 heterocycles. The van der Waals surface area contributed by atoms with Crippen LogP contribution >= 0.6 is 0 Å². The van der Waals surface area contributed by atoms with E-state index < -0.39 is 0 Å². The van der Waals surface area contributed by atoms with Crippen molar-refractivity contribution in [3.8, 4) is 11.6 Å². The SMILES string of the molecule is C(=Cc1ccccc1)c1ccccc1.c1ncnc(-c2ncncn2)n1. The van der Waals surface area contributed by atoms with Crippen molar-refractivity contribution in [3.63, 3.8) is 0 Å². The molecule has 0 unspecified atom stereocenters. The Morgan fingerprint density at radius 3 is 1.15 bits per heavy atom. The summed E-state index contributed by atoms with van der Waals surface area (Å²) in [6.45, 7) is 0. The average molecular weight is 340 g/mol. The standard InChI is InChI=1S/C14H12.C6H4N6/c1-3-7-13(8-4-1)11-12-14-9-5-2-6-10-14;1-7-2-10-5(9-1)6-11-3-8-4-12-6/h1-12H;1-4H. The number of aromatic nitrogens is 6. The topological polar surface area (TPSA) is 77.3 Å². The summed E-state index contributed by atoms with van der Waals surface area (Å²) in [6, 6.07) is 20.6. The van der Waals surface area contributed by atoms with Crippen LogP contribution in [-0.4, -0.2) is 29.9 Å². The maximum absolute atomic E-state index is 3.87. The van der Waals surface area contributed by atoms with Crippen LogP contribution in [0.3, 0.4) is 0 Å². The van der Waals surface area contributed by atoms with E-state index in [4.69, 9.17) is 0 Å². The van der Waals surface area contributed by atoms with Gasteiger partial charge in [0, 0.05) is 0 Å². The van der Waals surface area contributed by atoms with Crippen LogP contribution < -0.4 is 0 Å². The minimum Gasteiger partial charge on any atom is -0.225 e. The average Bonchev–Trinajstić information content (AvgIpc) is 2.75. The molecule has 0 saturated carbocycles. The highest BCUT2D eigenvalue weighted by atomic mass is 15.1. The summed E-state index contributed by atoms with van der Waals surface area (Å²) in [4.78, 5) is 22.9. The molecule has 6 heteroatoms. The van der Waals surface area contributed by atoms with Crippen LogP contribution in [0.1, 0.15) is 11.1 Å². The fourth-order valence-electron chi connectivity index (χ4n) is 2.03. The zero-order valence-electron chi connectivity index (χ0n) is 13.9. The van der Waals surface area contributed by atoms with Crippen molar-refractivity contribution in [1.82, 2.24) is 29.9 Å². The van der Waals surface area contributed by atoms with Crippen LogP contribution in [0.25, 0.3) is 23.8 Å². The molecule has 0 bridgehead atoms. The molecule has 0 amide bonds. The number of nitrogens with zero attached hydrogens (tertiary/aromatic N) is 6. The van der Waals surface area contributed by atoms with Gasteiger partial charge in [-0.1, -0.05) is 72.8 Å². The molecule has 2 aromatic carbocycles.